The molecule has 108 valence electrons. The van der Waals surface area contributed by atoms with Crippen LogP contribution in [0.15, 0.2) is 36.8 Å². The molecule has 1 unspecified atom stereocenters. The van der Waals surface area contributed by atoms with Crippen molar-refractivity contribution < 1.29 is 0 Å². The van der Waals surface area contributed by atoms with E-state index < -0.39 is 0 Å². The van der Waals surface area contributed by atoms with Crippen LogP contribution in [0.25, 0.3) is 0 Å². The molecule has 0 radical (unpaired) electrons. The fourth-order valence-corrected chi connectivity index (χ4v) is 2.19. The highest BCUT2D eigenvalue weighted by Gasteiger charge is 2.13. The molecule has 2 aromatic heterocycles. The summed E-state index contributed by atoms with van der Waals surface area (Å²) in [5, 5.41) is 8.22. The molecule has 0 bridgehead atoms. The topological polar surface area (TPSA) is 42.7 Å². The van der Waals surface area contributed by atoms with Crippen molar-refractivity contribution in [1.29, 1.82) is 0 Å². The molecule has 20 heavy (non-hydrogen) atoms. The quantitative estimate of drug-likeness (QED) is 0.842. The third-order valence-corrected chi connectivity index (χ3v) is 3.33. The molecule has 0 aromatic carbocycles. The van der Waals surface area contributed by atoms with Crippen molar-refractivity contribution in [2.75, 3.05) is 6.54 Å². The molecular formula is C16H24N4. The van der Waals surface area contributed by atoms with Crippen molar-refractivity contribution >= 4 is 0 Å². The minimum Gasteiger partial charge on any atom is -0.310 e. The van der Waals surface area contributed by atoms with Gasteiger partial charge in [0.2, 0.25) is 0 Å². The third kappa shape index (κ3) is 3.90. The Balaban J connectivity index is 2.10. The van der Waals surface area contributed by atoms with E-state index in [1.54, 1.807) is 0 Å². The number of nitrogens with zero attached hydrogens (tertiary/aromatic N) is 3. The van der Waals surface area contributed by atoms with E-state index in [0.717, 1.165) is 25.1 Å². The van der Waals surface area contributed by atoms with E-state index in [0.29, 0.717) is 6.04 Å². The van der Waals surface area contributed by atoms with Crippen molar-refractivity contribution in [2.45, 2.75) is 45.7 Å². The lowest BCUT2D eigenvalue weighted by molar-refractivity contribution is 0.499. The molecule has 2 rings (SSSR count). The molecule has 0 spiro atoms. The van der Waals surface area contributed by atoms with Gasteiger partial charge in [-0.2, -0.15) is 5.10 Å². The van der Waals surface area contributed by atoms with Crippen LogP contribution in [0.3, 0.4) is 0 Å². The molecular weight excluding hydrogens is 248 g/mol. The predicted octanol–water partition coefficient (Wildman–Crippen LogP) is 3.14. The molecule has 0 aliphatic rings. The SMILES string of the molecule is CCCNC(Cc1ccn(C(C)C)n1)c1cccnc1. The first-order valence-corrected chi connectivity index (χ1v) is 7.38. The smallest absolute Gasteiger partial charge is 0.0643 e. The zero-order valence-corrected chi connectivity index (χ0v) is 12.6. The summed E-state index contributed by atoms with van der Waals surface area (Å²) in [6.45, 7) is 7.47. The fraction of sp³-hybridized carbons (Fsp3) is 0.500. The summed E-state index contributed by atoms with van der Waals surface area (Å²) in [5.74, 6) is 0. The highest BCUT2D eigenvalue weighted by Crippen LogP contribution is 2.17. The van der Waals surface area contributed by atoms with Gasteiger partial charge in [-0.25, -0.2) is 0 Å². The minimum atomic E-state index is 0.277. The van der Waals surface area contributed by atoms with Gasteiger partial charge in [0.25, 0.3) is 0 Å². The van der Waals surface area contributed by atoms with E-state index in [4.69, 9.17) is 0 Å². The zero-order valence-electron chi connectivity index (χ0n) is 12.6. The van der Waals surface area contributed by atoms with E-state index in [-0.39, 0.29) is 6.04 Å². The Morgan fingerprint density at radius 3 is 2.75 bits per heavy atom. The van der Waals surface area contributed by atoms with Gasteiger partial charge in [-0.05, 0) is 44.5 Å². The van der Waals surface area contributed by atoms with Crippen molar-refractivity contribution in [3.8, 4) is 0 Å². The largest absolute Gasteiger partial charge is 0.310 e. The molecule has 1 atom stereocenters. The summed E-state index contributed by atoms with van der Waals surface area (Å²) in [5.41, 5.74) is 2.34. The second-order valence-corrected chi connectivity index (χ2v) is 5.38. The maximum Gasteiger partial charge on any atom is 0.0643 e. The fourth-order valence-electron chi connectivity index (χ4n) is 2.19. The molecule has 0 fully saturated rings. The molecule has 2 aromatic rings. The van der Waals surface area contributed by atoms with Gasteiger partial charge in [-0.1, -0.05) is 13.0 Å². The number of aromatic nitrogens is 3. The normalized spacial score (nSPS) is 12.8. The van der Waals surface area contributed by atoms with Gasteiger partial charge in [-0.15, -0.1) is 0 Å². The predicted molar refractivity (Wildman–Crippen MR) is 81.6 cm³/mol. The monoisotopic (exact) mass is 272 g/mol. The first-order chi connectivity index (χ1) is 9.70. The molecule has 0 amide bonds. The average Bonchev–Trinajstić information content (AvgIpc) is 2.93. The Bertz CT molecular complexity index is 504. The Kier molecular flexibility index (Phi) is 5.30. The summed E-state index contributed by atoms with van der Waals surface area (Å²) in [4.78, 5) is 4.22. The molecule has 0 aliphatic carbocycles. The van der Waals surface area contributed by atoms with Crippen LogP contribution in [0.1, 0.15) is 50.5 Å². The van der Waals surface area contributed by atoms with Crippen LogP contribution in [-0.4, -0.2) is 21.3 Å². The van der Waals surface area contributed by atoms with Crippen LogP contribution >= 0.6 is 0 Å². The second kappa shape index (κ2) is 7.20. The Morgan fingerprint density at radius 1 is 1.30 bits per heavy atom. The van der Waals surface area contributed by atoms with Crippen LogP contribution in [0.5, 0.6) is 0 Å². The Hall–Kier alpha value is -1.68. The van der Waals surface area contributed by atoms with E-state index in [1.807, 2.05) is 23.1 Å². The van der Waals surface area contributed by atoms with Crippen LogP contribution < -0.4 is 5.32 Å². The van der Waals surface area contributed by atoms with Gasteiger partial charge in [0, 0.05) is 37.1 Å². The molecule has 0 saturated carbocycles. The van der Waals surface area contributed by atoms with Crippen molar-refractivity contribution in [3.05, 3.63) is 48.0 Å². The van der Waals surface area contributed by atoms with Crippen molar-refractivity contribution in [1.82, 2.24) is 20.1 Å². The Morgan fingerprint density at radius 2 is 2.15 bits per heavy atom. The molecule has 4 heteroatoms. The van der Waals surface area contributed by atoms with E-state index in [2.05, 4.69) is 54.5 Å². The highest BCUT2D eigenvalue weighted by molar-refractivity contribution is 5.17. The van der Waals surface area contributed by atoms with Crippen molar-refractivity contribution in [2.24, 2.45) is 0 Å². The summed E-state index contributed by atoms with van der Waals surface area (Å²) >= 11 is 0. The van der Waals surface area contributed by atoms with E-state index in [9.17, 15) is 0 Å². The second-order valence-electron chi connectivity index (χ2n) is 5.38. The number of rotatable bonds is 7. The number of nitrogens with one attached hydrogen (secondary N) is 1. The summed E-state index contributed by atoms with van der Waals surface area (Å²) in [6, 6.07) is 6.91. The molecule has 0 saturated heterocycles. The lowest BCUT2D eigenvalue weighted by Gasteiger charge is -2.17. The summed E-state index contributed by atoms with van der Waals surface area (Å²) in [7, 11) is 0. The first-order valence-electron chi connectivity index (χ1n) is 7.38. The van der Waals surface area contributed by atoms with E-state index in [1.165, 1.54) is 5.56 Å². The van der Waals surface area contributed by atoms with Crippen LogP contribution in [-0.2, 0) is 6.42 Å². The molecule has 4 nitrogen and oxygen atoms in total. The van der Waals surface area contributed by atoms with Gasteiger partial charge in [-0.3, -0.25) is 9.67 Å². The molecule has 1 N–H and O–H groups in total. The maximum absolute atomic E-state index is 4.64. The molecule has 0 aliphatic heterocycles. The highest BCUT2D eigenvalue weighted by atomic mass is 15.3. The molecule has 2 heterocycles. The first kappa shape index (κ1) is 14.7. The third-order valence-electron chi connectivity index (χ3n) is 3.33. The van der Waals surface area contributed by atoms with Crippen LogP contribution in [0.2, 0.25) is 0 Å². The van der Waals surface area contributed by atoms with Gasteiger partial charge in [0.1, 0.15) is 0 Å². The number of hydrogen-bond donors (Lipinski definition) is 1. The number of hydrogen-bond acceptors (Lipinski definition) is 3. The van der Waals surface area contributed by atoms with Crippen LogP contribution in [0, 0.1) is 0 Å². The van der Waals surface area contributed by atoms with Crippen LogP contribution in [0.4, 0.5) is 0 Å². The van der Waals surface area contributed by atoms with E-state index >= 15 is 0 Å². The van der Waals surface area contributed by atoms with Gasteiger partial charge in [0.05, 0.1) is 5.69 Å². The average molecular weight is 272 g/mol. The van der Waals surface area contributed by atoms with Gasteiger partial charge < -0.3 is 5.32 Å². The maximum atomic E-state index is 4.64. The minimum absolute atomic E-state index is 0.277. The summed E-state index contributed by atoms with van der Waals surface area (Å²) in [6.07, 6.45) is 7.82. The van der Waals surface area contributed by atoms with Gasteiger partial charge >= 0.3 is 0 Å². The summed E-state index contributed by atoms with van der Waals surface area (Å²) < 4.78 is 2.01. The number of pyridine rings is 1. The van der Waals surface area contributed by atoms with Crippen molar-refractivity contribution in [3.63, 3.8) is 0 Å². The van der Waals surface area contributed by atoms with Gasteiger partial charge in [0.15, 0.2) is 0 Å². The zero-order chi connectivity index (χ0) is 14.4. The standard InChI is InChI=1S/C16H24N4/c1-4-8-18-16(14-6-5-9-17-12-14)11-15-7-10-20(19-15)13(2)3/h5-7,9-10,12-13,16,18H,4,8,11H2,1-3H3. The lowest BCUT2D eigenvalue weighted by Crippen LogP contribution is -2.24. The lowest BCUT2D eigenvalue weighted by atomic mass is 10.0. The Labute approximate surface area is 121 Å².